The number of esters is 1. The third kappa shape index (κ3) is 5.79. The number of anilines is 1. The van der Waals surface area contributed by atoms with Crippen molar-refractivity contribution in [3.8, 4) is 5.75 Å². The zero-order valence-corrected chi connectivity index (χ0v) is 20.6. The van der Waals surface area contributed by atoms with Crippen LogP contribution in [0.4, 0.5) is 10.2 Å². The average Bonchev–Trinajstić information content (AvgIpc) is 3.09. The maximum absolute atomic E-state index is 13.5. The van der Waals surface area contributed by atoms with E-state index in [4.69, 9.17) is 19.5 Å². The third-order valence-electron chi connectivity index (χ3n) is 5.55. The SMILES string of the molecule is C=N[C@]1(C)[C@H](O)[C@@H](COP(=O)(N[C@@H](C)C(=O)OC)Oc2ccc(F)cc2)O[C@H]1n1ccc(N)nc1=O. The minimum atomic E-state index is -4.32. The first kappa shape index (κ1) is 27.4. The number of carbonyl (C=O) groups is 1. The van der Waals surface area contributed by atoms with Crippen LogP contribution in [0.15, 0.2) is 46.3 Å². The Morgan fingerprint density at radius 1 is 1.44 bits per heavy atom. The zero-order valence-electron chi connectivity index (χ0n) is 19.7. The lowest BCUT2D eigenvalue weighted by molar-refractivity contribution is -0.142. The van der Waals surface area contributed by atoms with Gasteiger partial charge in [-0.2, -0.15) is 10.1 Å². The first-order chi connectivity index (χ1) is 16.9. The lowest BCUT2D eigenvalue weighted by Crippen LogP contribution is -2.45. The molecular weight excluding hydrogens is 500 g/mol. The Morgan fingerprint density at radius 3 is 2.69 bits per heavy atom. The fourth-order valence-electron chi connectivity index (χ4n) is 3.52. The Hall–Kier alpha value is -3.16. The van der Waals surface area contributed by atoms with Crippen LogP contribution >= 0.6 is 7.75 Å². The number of halogens is 1. The number of aromatic nitrogens is 2. The summed E-state index contributed by atoms with van der Waals surface area (Å²) < 4.78 is 49.3. The maximum atomic E-state index is 13.5. The van der Waals surface area contributed by atoms with Crippen molar-refractivity contribution in [1.82, 2.24) is 14.6 Å². The van der Waals surface area contributed by atoms with Crippen LogP contribution in [0.2, 0.25) is 0 Å². The summed E-state index contributed by atoms with van der Waals surface area (Å²) in [6.07, 6.45) is -2.37. The first-order valence-corrected chi connectivity index (χ1v) is 12.2. The zero-order chi connectivity index (χ0) is 26.7. The van der Waals surface area contributed by atoms with Gasteiger partial charge in [-0.3, -0.25) is 18.9 Å². The van der Waals surface area contributed by atoms with Crippen molar-refractivity contribution in [1.29, 1.82) is 0 Å². The van der Waals surface area contributed by atoms with Gasteiger partial charge in [0, 0.05) is 6.20 Å². The van der Waals surface area contributed by atoms with Crippen molar-refractivity contribution in [2.24, 2.45) is 4.99 Å². The molecule has 1 saturated heterocycles. The van der Waals surface area contributed by atoms with E-state index in [2.05, 4.69) is 26.5 Å². The number of hydrogen-bond acceptors (Lipinski definition) is 11. The van der Waals surface area contributed by atoms with Crippen LogP contribution in [-0.4, -0.2) is 64.8 Å². The summed E-state index contributed by atoms with van der Waals surface area (Å²) in [4.78, 5) is 31.9. The molecule has 2 heterocycles. The van der Waals surface area contributed by atoms with Crippen LogP contribution in [-0.2, 0) is 23.4 Å². The summed E-state index contributed by atoms with van der Waals surface area (Å²) >= 11 is 0. The number of aliphatic hydroxyl groups is 1. The largest absolute Gasteiger partial charge is 0.468 e. The number of nitrogens with one attached hydrogen (secondary N) is 1. The number of rotatable bonds is 10. The minimum absolute atomic E-state index is 0.00683. The molecule has 0 radical (unpaired) electrons. The maximum Gasteiger partial charge on any atom is 0.459 e. The number of carbonyl (C=O) groups excluding carboxylic acids is 1. The minimum Gasteiger partial charge on any atom is -0.468 e. The molecule has 1 aromatic heterocycles. The van der Waals surface area contributed by atoms with Crippen molar-refractivity contribution in [3.05, 3.63) is 52.8 Å². The summed E-state index contributed by atoms with van der Waals surface area (Å²) in [6.45, 7) is 5.84. The van der Waals surface area contributed by atoms with Crippen LogP contribution in [0.5, 0.6) is 5.75 Å². The fraction of sp³-hybridized carbons (Fsp3) is 0.429. The molecule has 0 bridgehead atoms. The molecule has 2 aromatic rings. The summed E-state index contributed by atoms with van der Waals surface area (Å²) in [6, 6.07) is 4.84. The van der Waals surface area contributed by atoms with E-state index in [-0.39, 0.29) is 11.6 Å². The molecule has 13 nitrogen and oxygen atoms in total. The van der Waals surface area contributed by atoms with Gasteiger partial charge in [0.05, 0.1) is 13.7 Å². The lowest BCUT2D eigenvalue weighted by Gasteiger charge is -2.28. The van der Waals surface area contributed by atoms with Crippen LogP contribution in [0.25, 0.3) is 0 Å². The molecule has 1 aliphatic rings. The molecule has 0 amide bonds. The number of benzene rings is 1. The topological polar surface area (TPSA) is 177 Å². The Balaban J connectivity index is 1.84. The fourth-order valence-corrected chi connectivity index (χ4v) is 5.02. The number of ether oxygens (including phenoxy) is 2. The molecule has 0 aliphatic carbocycles. The van der Waals surface area contributed by atoms with Gasteiger partial charge in [-0.15, -0.1) is 0 Å². The molecule has 1 fully saturated rings. The molecule has 1 unspecified atom stereocenters. The van der Waals surface area contributed by atoms with E-state index in [0.717, 1.165) is 23.8 Å². The van der Waals surface area contributed by atoms with Crippen molar-refractivity contribution >= 4 is 26.3 Å². The average molecular weight is 527 g/mol. The summed E-state index contributed by atoms with van der Waals surface area (Å²) in [7, 11) is -3.18. The molecule has 15 heteroatoms. The van der Waals surface area contributed by atoms with Crippen molar-refractivity contribution in [2.75, 3.05) is 19.5 Å². The number of aliphatic imine (C=N–C) groups is 1. The number of nitrogens with two attached hydrogens (primary N) is 1. The molecule has 0 saturated carbocycles. The number of methoxy groups -OCH3 is 1. The smallest absolute Gasteiger partial charge is 0.459 e. The van der Waals surface area contributed by atoms with Crippen LogP contribution in [0, 0.1) is 5.82 Å². The van der Waals surface area contributed by atoms with Gasteiger partial charge in [0.25, 0.3) is 0 Å². The molecule has 4 N–H and O–H groups in total. The second kappa shape index (κ2) is 10.8. The second-order valence-electron chi connectivity index (χ2n) is 8.11. The highest BCUT2D eigenvalue weighted by Crippen LogP contribution is 2.47. The number of hydrogen-bond donors (Lipinski definition) is 3. The van der Waals surface area contributed by atoms with Crippen molar-refractivity contribution < 1.29 is 37.4 Å². The van der Waals surface area contributed by atoms with E-state index in [1.54, 1.807) is 0 Å². The molecular formula is C21H27FN5O8P. The van der Waals surface area contributed by atoms with Crippen LogP contribution < -0.4 is 21.0 Å². The lowest BCUT2D eigenvalue weighted by atomic mass is 9.93. The van der Waals surface area contributed by atoms with E-state index in [9.17, 15) is 23.7 Å². The number of aliphatic hydroxyl groups excluding tert-OH is 1. The highest BCUT2D eigenvalue weighted by Gasteiger charge is 2.54. The Labute approximate surface area is 205 Å². The second-order valence-corrected chi connectivity index (χ2v) is 9.80. The first-order valence-electron chi connectivity index (χ1n) is 10.6. The monoisotopic (exact) mass is 527 g/mol. The molecule has 0 spiro atoms. The normalized spacial score (nSPS) is 26.1. The van der Waals surface area contributed by atoms with Gasteiger partial charge < -0.3 is 24.8 Å². The van der Waals surface area contributed by atoms with Gasteiger partial charge in [0.2, 0.25) is 0 Å². The van der Waals surface area contributed by atoms with Crippen LogP contribution in [0.1, 0.15) is 20.1 Å². The van der Waals surface area contributed by atoms with E-state index in [1.807, 2.05) is 0 Å². The number of nitrogens with zero attached hydrogens (tertiary/aromatic N) is 3. The quantitative estimate of drug-likeness (QED) is 0.228. The molecule has 36 heavy (non-hydrogen) atoms. The van der Waals surface area contributed by atoms with E-state index in [1.165, 1.54) is 38.2 Å². The van der Waals surface area contributed by atoms with Crippen molar-refractivity contribution in [3.63, 3.8) is 0 Å². The van der Waals surface area contributed by atoms with Crippen molar-refractivity contribution in [2.45, 2.75) is 43.9 Å². The Kier molecular flexibility index (Phi) is 8.26. The van der Waals surface area contributed by atoms with Gasteiger partial charge >= 0.3 is 19.4 Å². The molecule has 3 rings (SSSR count). The molecule has 6 atom stereocenters. The summed E-state index contributed by atoms with van der Waals surface area (Å²) in [5.41, 5.74) is 3.37. The van der Waals surface area contributed by atoms with Gasteiger partial charge in [0.1, 0.15) is 41.2 Å². The molecule has 196 valence electrons. The predicted octanol–water partition coefficient (Wildman–Crippen LogP) is 1.04. The standard InChI is InChI=1S/C21H27FN5O8P/c1-12(18(29)32-4)26-36(31,35-14-7-5-13(22)6-8-14)33-11-15-17(28)21(2,24-3)19(34-15)27-10-9-16(23)25-20(27)30/h5-10,12,15,17,19,28H,3,11H2,1-2,4H3,(H,26,31)(H2,23,25,30)/t12-,15+,17+,19+,21+,36?/m0/s1. The Morgan fingerprint density at radius 2 is 2.11 bits per heavy atom. The highest BCUT2D eigenvalue weighted by atomic mass is 31.2. The van der Waals surface area contributed by atoms with Gasteiger partial charge in [-0.25, -0.2) is 13.8 Å². The third-order valence-corrected chi connectivity index (χ3v) is 7.20. The molecule has 1 aromatic carbocycles. The summed E-state index contributed by atoms with van der Waals surface area (Å²) in [5, 5.41) is 13.4. The Bertz CT molecular complexity index is 1210. The molecule has 1 aliphatic heterocycles. The van der Waals surface area contributed by atoms with Crippen LogP contribution in [0.3, 0.4) is 0 Å². The number of nitrogen functional groups attached to an aromatic ring is 1. The van der Waals surface area contributed by atoms with Gasteiger partial charge in [0.15, 0.2) is 6.23 Å². The van der Waals surface area contributed by atoms with E-state index >= 15 is 0 Å². The summed E-state index contributed by atoms with van der Waals surface area (Å²) in [5.74, 6) is -1.33. The highest BCUT2D eigenvalue weighted by molar-refractivity contribution is 7.52. The van der Waals surface area contributed by atoms with Gasteiger partial charge in [-0.1, -0.05) is 0 Å². The van der Waals surface area contributed by atoms with Gasteiger partial charge in [-0.05, 0) is 50.9 Å². The van der Waals surface area contributed by atoms with E-state index in [0.29, 0.717) is 0 Å². The van der Waals surface area contributed by atoms with E-state index < -0.39 is 61.8 Å². The predicted molar refractivity (Wildman–Crippen MR) is 126 cm³/mol.